The highest BCUT2D eigenvalue weighted by Crippen LogP contribution is 2.31. The SMILES string of the molecule is [O]CCCCC(Cl)(Cl)Cl. The maximum atomic E-state index is 9.89. The second kappa shape index (κ2) is 4.62. The Labute approximate surface area is 69.9 Å². The molecule has 0 unspecified atom stereocenters. The lowest BCUT2D eigenvalue weighted by Gasteiger charge is -2.07. The summed E-state index contributed by atoms with van der Waals surface area (Å²) in [6.45, 7) is -0.0826. The van der Waals surface area contributed by atoms with E-state index in [0.717, 1.165) is 0 Å². The summed E-state index contributed by atoms with van der Waals surface area (Å²) >= 11 is 16.2. The van der Waals surface area contributed by atoms with Crippen LogP contribution in [0.2, 0.25) is 0 Å². The molecule has 0 rings (SSSR count). The van der Waals surface area contributed by atoms with E-state index in [1.807, 2.05) is 0 Å². The molecule has 0 aromatic heterocycles. The van der Waals surface area contributed by atoms with Gasteiger partial charge in [0.05, 0.1) is 6.61 Å². The van der Waals surface area contributed by atoms with E-state index in [1.165, 1.54) is 0 Å². The van der Waals surface area contributed by atoms with Crippen LogP contribution in [0.5, 0.6) is 0 Å². The van der Waals surface area contributed by atoms with E-state index in [-0.39, 0.29) is 6.61 Å². The standard InChI is InChI=1S/C5H8Cl3O/c6-5(7,8)3-1-2-4-9/h1-4H2. The minimum absolute atomic E-state index is 0.0826. The third-order valence-corrected chi connectivity index (χ3v) is 1.42. The molecule has 0 saturated carbocycles. The number of rotatable bonds is 3. The first kappa shape index (κ1) is 9.83. The lowest BCUT2D eigenvalue weighted by Crippen LogP contribution is -2.01. The first-order valence-electron chi connectivity index (χ1n) is 2.71. The van der Waals surface area contributed by atoms with Crippen LogP contribution in [0.25, 0.3) is 0 Å². The van der Waals surface area contributed by atoms with Crippen LogP contribution < -0.4 is 0 Å². The molecule has 55 valence electrons. The second-order valence-corrected chi connectivity index (χ2v) is 4.29. The zero-order valence-corrected chi connectivity index (χ0v) is 7.14. The summed E-state index contributed by atoms with van der Waals surface area (Å²) in [5.74, 6) is 0. The predicted octanol–water partition coefficient (Wildman–Crippen LogP) is 2.96. The van der Waals surface area contributed by atoms with Crippen molar-refractivity contribution in [1.29, 1.82) is 0 Å². The Morgan fingerprint density at radius 3 is 2.00 bits per heavy atom. The van der Waals surface area contributed by atoms with Crippen molar-refractivity contribution < 1.29 is 5.11 Å². The molecule has 4 heteroatoms. The molecule has 0 aliphatic rings. The van der Waals surface area contributed by atoms with Crippen molar-refractivity contribution in [3.8, 4) is 0 Å². The molecule has 0 amide bonds. The quantitative estimate of drug-likeness (QED) is 0.482. The Morgan fingerprint density at radius 2 is 1.67 bits per heavy atom. The van der Waals surface area contributed by atoms with Crippen LogP contribution >= 0.6 is 34.8 Å². The summed E-state index contributed by atoms with van der Waals surface area (Å²) in [5.41, 5.74) is 0. The van der Waals surface area contributed by atoms with Gasteiger partial charge in [0.15, 0.2) is 3.79 Å². The first-order chi connectivity index (χ1) is 4.06. The summed E-state index contributed by atoms with van der Waals surface area (Å²) in [7, 11) is 0. The fraction of sp³-hybridized carbons (Fsp3) is 1.00. The van der Waals surface area contributed by atoms with Crippen molar-refractivity contribution in [2.24, 2.45) is 0 Å². The maximum Gasteiger partial charge on any atom is 0.190 e. The van der Waals surface area contributed by atoms with E-state index in [9.17, 15) is 5.11 Å². The van der Waals surface area contributed by atoms with Crippen LogP contribution in [0.4, 0.5) is 0 Å². The van der Waals surface area contributed by atoms with Gasteiger partial charge in [0, 0.05) is 0 Å². The number of hydrogen-bond donors (Lipinski definition) is 0. The Morgan fingerprint density at radius 1 is 1.11 bits per heavy atom. The smallest absolute Gasteiger partial charge is 0.190 e. The molecule has 0 atom stereocenters. The molecule has 0 bridgehead atoms. The zero-order chi connectivity index (χ0) is 7.33. The molecule has 0 fully saturated rings. The van der Waals surface area contributed by atoms with Crippen LogP contribution in [-0.2, 0) is 5.11 Å². The van der Waals surface area contributed by atoms with Gasteiger partial charge in [-0.3, -0.25) is 0 Å². The fourth-order valence-corrected chi connectivity index (χ4v) is 0.828. The minimum Gasteiger partial charge on any atom is -0.237 e. The summed E-state index contributed by atoms with van der Waals surface area (Å²) in [6.07, 6.45) is 1.76. The summed E-state index contributed by atoms with van der Waals surface area (Å²) in [6, 6.07) is 0. The van der Waals surface area contributed by atoms with E-state index in [1.54, 1.807) is 0 Å². The number of alkyl halides is 3. The molecular weight excluding hydrogens is 182 g/mol. The molecule has 0 aromatic rings. The lowest BCUT2D eigenvalue weighted by atomic mass is 10.3. The van der Waals surface area contributed by atoms with Crippen LogP contribution in [0.1, 0.15) is 19.3 Å². The Bertz CT molecular complexity index is 69.1. The van der Waals surface area contributed by atoms with Crippen molar-refractivity contribution in [1.82, 2.24) is 0 Å². The van der Waals surface area contributed by atoms with Gasteiger partial charge < -0.3 is 0 Å². The monoisotopic (exact) mass is 189 g/mol. The Kier molecular flexibility index (Phi) is 5.04. The highest BCUT2D eigenvalue weighted by Gasteiger charge is 2.17. The number of hydrogen-bond acceptors (Lipinski definition) is 0. The van der Waals surface area contributed by atoms with E-state index in [0.29, 0.717) is 19.3 Å². The van der Waals surface area contributed by atoms with E-state index >= 15 is 0 Å². The molecule has 1 radical (unpaired) electrons. The summed E-state index contributed by atoms with van der Waals surface area (Å²) in [5, 5.41) is 9.89. The van der Waals surface area contributed by atoms with Gasteiger partial charge in [-0.2, -0.15) is 0 Å². The van der Waals surface area contributed by atoms with Gasteiger partial charge >= 0.3 is 0 Å². The first-order valence-corrected chi connectivity index (χ1v) is 3.84. The largest absolute Gasteiger partial charge is 0.237 e. The summed E-state index contributed by atoms with van der Waals surface area (Å²) in [4.78, 5) is 0. The topological polar surface area (TPSA) is 19.9 Å². The molecule has 0 spiro atoms. The highest BCUT2D eigenvalue weighted by atomic mass is 35.6. The number of unbranched alkanes of at least 4 members (excludes halogenated alkanes) is 1. The third kappa shape index (κ3) is 8.83. The lowest BCUT2D eigenvalue weighted by molar-refractivity contribution is 0.186. The van der Waals surface area contributed by atoms with Gasteiger partial charge in [0.2, 0.25) is 0 Å². The maximum absolute atomic E-state index is 9.89. The average molecular weight is 190 g/mol. The second-order valence-electron chi connectivity index (χ2n) is 1.78. The van der Waals surface area contributed by atoms with Crippen LogP contribution in [-0.4, -0.2) is 10.4 Å². The van der Waals surface area contributed by atoms with Gasteiger partial charge in [-0.05, 0) is 19.3 Å². The molecule has 9 heavy (non-hydrogen) atoms. The number of halogens is 3. The van der Waals surface area contributed by atoms with Crippen molar-refractivity contribution in [3.05, 3.63) is 0 Å². The van der Waals surface area contributed by atoms with Crippen molar-refractivity contribution in [2.75, 3.05) is 6.61 Å². The third-order valence-electron chi connectivity index (χ3n) is 0.855. The average Bonchev–Trinajstić information content (AvgIpc) is 1.63. The van der Waals surface area contributed by atoms with Gasteiger partial charge in [0.1, 0.15) is 0 Å². The molecule has 0 heterocycles. The highest BCUT2D eigenvalue weighted by molar-refractivity contribution is 6.67. The summed E-state index contributed by atoms with van der Waals surface area (Å²) < 4.78 is -1.17. The van der Waals surface area contributed by atoms with Gasteiger partial charge in [0.25, 0.3) is 0 Å². The van der Waals surface area contributed by atoms with Crippen molar-refractivity contribution in [3.63, 3.8) is 0 Å². The van der Waals surface area contributed by atoms with Crippen molar-refractivity contribution in [2.45, 2.75) is 23.1 Å². The molecule has 1 nitrogen and oxygen atoms in total. The molecule has 0 aromatic carbocycles. The van der Waals surface area contributed by atoms with E-state index in [2.05, 4.69) is 0 Å². The molecule has 0 saturated heterocycles. The molecular formula is C5H8Cl3O. The van der Waals surface area contributed by atoms with Crippen molar-refractivity contribution >= 4 is 34.8 Å². The van der Waals surface area contributed by atoms with E-state index in [4.69, 9.17) is 34.8 Å². The van der Waals surface area contributed by atoms with Crippen LogP contribution in [0, 0.1) is 0 Å². The van der Waals surface area contributed by atoms with Crippen LogP contribution in [0.3, 0.4) is 0 Å². The fourth-order valence-electron chi connectivity index (χ4n) is 0.428. The van der Waals surface area contributed by atoms with Gasteiger partial charge in [-0.1, -0.05) is 34.8 Å². The van der Waals surface area contributed by atoms with Crippen LogP contribution in [0.15, 0.2) is 0 Å². The zero-order valence-electron chi connectivity index (χ0n) is 4.87. The Hall–Kier alpha value is 0.830. The Balaban J connectivity index is 3.07. The normalized spacial score (nSPS) is 12.0. The van der Waals surface area contributed by atoms with Gasteiger partial charge in [-0.15, -0.1) is 0 Å². The van der Waals surface area contributed by atoms with E-state index < -0.39 is 3.79 Å². The molecule has 0 aliphatic carbocycles. The van der Waals surface area contributed by atoms with Gasteiger partial charge in [-0.25, -0.2) is 5.11 Å². The molecule has 0 N–H and O–H groups in total. The minimum atomic E-state index is -1.17. The molecule has 0 aliphatic heterocycles. The predicted molar refractivity (Wildman–Crippen MR) is 39.7 cm³/mol.